The minimum atomic E-state index is -0.0721. The van der Waals surface area contributed by atoms with Crippen LogP contribution in [0.1, 0.15) is 57.8 Å². The van der Waals surface area contributed by atoms with Gasteiger partial charge in [0.05, 0.1) is 12.5 Å². The first-order valence-corrected chi connectivity index (χ1v) is 7.20. The average Bonchev–Trinajstić information content (AvgIpc) is 2.40. The molecule has 0 aliphatic heterocycles. The molecule has 3 heteroatoms. The molecule has 3 nitrogen and oxygen atoms in total. The van der Waals surface area contributed by atoms with Crippen LogP contribution in [0.3, 0.4) is 0 Å². The van der Waals surface area contributed by atoms with Crippen molar-refractivity contribution >= 4 is 5.97 Å². The molecule has 0 aromatic heterocycles. The summed E-state index contributed by atoms with van der Waals surface area (Å²) in [5.41, 5.74) is 1.26. The Labute approximate surface area is 110 Å². The van der Waals surface area contributed by atoms with Crippen molar-refractivity contribution in [2.45, 2.75) is 70.0 Å². The van der Waals surface area contributed by atoms with Crippen molar-refractivity contribution in [3.8, 4) is 0 Å². The molecule has 0 aromatic carbocycles. The fraction of sp³-hybridized carbons (Fsp3) is 0.800. The van der Waals surface area contributed by atoms with Gasteiger partial charge in [-0.2, -0.15) is 0 Å². The smallest absolute Gasteiger partial charge is 0.310 e. The molecule has 2 unspecified atom stereocenters. The van der Waals surface area contributed by atoms with Crippen LogP contribution in [0, 0.1) is 0 Å². The largest absolute Gasteiger partial charge is 0.459 e. The number of carbonyl (C=O) groups is 1. The highest BCUT2D eigenvalue weighted by atomic mass is 16.6. The molecule has 0 radical (unpaired) electrons. The first kappa shape index (κ1) is 13.6. The van der Waals surface area contributed by atoms with Crippen LogP contribution < -0.4 is 0 Å². The van der Waals surface area contributed by atoms with E-state index in [1.165, 1.54) is 24.8 Å². The highest BCUT2D eigenvalue weighted by Gasteiger charge is 2.28. The zero-order valence-corrected chi connectivity index (χ0v) is 11.3. The lowest BCUT2D eigenvalue weighted by Gasteiger charge is -2.30. The zero-order valence-electron chi connectivity index (χ0n) is 11.3. The summed E-state index contributed by atoms with van der Waals surface area (Å²) in [5.74, 6) is -0.0721. The van der Waals surface area contributed by atoms with Gasteiger partial charge >= 0.3 is 5.97 Å². The van der Waals surface area contributed by atoms with Crippen LogP contribution in [0.2, 0.25) is 0 Å². The molecule has 0 bridgehead atoms. The van der Waals surface area contributed by atoms with Gasteiger partial charge in [-0.1, -0.05) is 18.1 Å². The fourth-order valence-electron chi connectivity index (χ4n) is 2.93. The van der Waals surface area contributed by atoms with E-state index in [2.05, 4.69) is 6.08 Å². The van der Waals surface area contributed by atoms with Crippen molar-refractivity contribution in [3.05, 3.63) is 11.6 Å². The highest BCUT2D eigenvalue weighted by molar-refractivity contribution is 5.72. The van der Waals surface area contributed by atoms with Crippen molar-refractivity contribution in [2.75, 3.05) is 7.11 Å². The van der Waals surface area contributed by atoms with Crippen LogP contribution in [0.4, 0.5) is 0 Å². The van der Waals surface area contributed by atoms with Gasteiger partial charge in [-0.25, -0.2) is 0 Å². The molecule has 0 saturated heterocycles. The molecule has 1 saturated carbocycles. The summed E-state index contributed by atoms with van der Waals surface area (Å²) in [6.45, 7) is 0. The molecule has 0 amide bonds. The number of esters is 1. The van der Waals surface area contributed by atoms with Gasteiger partial charge < -0.3 is 9.47 Å². The summed E-state index contributed by atoms with van der Waals surface area (Å²) in [6, 6.07) is 0. The molecule has 2 aliphatic rings. The van der Waals surface area contributed by atoms with E-state index in [0.29, 0.717) is 6.42 Å². The van der Waals surface area contributed by atoms with Crippen LogP contribution in [0.5, 0.6) is 0 Å². The van der Waals surface area contributed by atoms with Gasteiger partial charge in [0.25, 0.3) is 0 Å². The Morgan fingerprint density at radius 3 is 2.67 bits per heavy atom. The monoisotopic (exact) mass is 252 g/mol. The van der Waals surface area contributed by atoms with Crippen molar-refractivity contribution < 1.29 is 14.3 Å². The lowest BCUT2D eigenvalue weighted by atomic mass is 9.94. The van der Waals surface area contributed by atoms with Gasteiger partial charge in [0.15, 0.2) is 0 Å². The molecule has 2 aliphatic carbocycles. The van der Waals surface area contributed by atoms with Gasteiger partial charge in [0.2, 0.25) is 0 Å². The molecule has 0 N–H and O–H groups in total. The Kier molecular flexibility index (Phi) is 5.24. The molecule has 0 spiro atoms. The molecule has 18 heavy (non-hydrogen) atoms. The molecular weight excluding hydrogens is 228 g/mol. The Morgan fingerprint density at radius 1 is 1.22 bits per heavy atom. The highest BCUT2D eigenvalue weighted by Crippen LogP contribution is 2.25. The Morgan fingerprint density at radius 2 is 2.00 bits per heavy atom. The van der Waals surface area contributed by atoms with E-state index >= 15 is 0 Å². The maximum absolute atomic E-state index is 11.9. The van der Waals surface area contributed by atoms with Crippen LogP contribution >= 0.6 is 0 Å². The van der Waals surface area contributed by atoms with Gasteiger partial charge in [0, 0.05) is 7.11 Å². The quantitative estimate of drug-likeness (QED) is 0.568. The number of hydrogen-bond donors (Lipinski definition) is 0. The van der Waals surface area contributed by atoms with E-state index < -0.39 is 0 Å². The normalized spacial score (nSPS) is 28.6. The Bertz CT molecular complexity index is 309. The number of allylic oxidation sites excluding steroid dienone is 1. The predicted molar refractivity (Wildman–Crippen MR) is 70.3 cm³/mol. The van der Waals surface area contributed by atoms with Crippen LogP contribution in [-0.2, 0) is 14.3 Å². The Balaban J connectivity index is 1.80. The summed E-state index contributed by atoms with van der Waals surface area (Å²) in [6.07, 6.45) is 11.7. The number of rotatable bonds is 4. The van der Waals surface area contributed by atoms with Crippen molar-refractivity contribution in [2.24, 2.45) is 0 Å². The zero-order chi connectivity index (χ0) is 12.8. The third-order valence-corrected chi connectivity index (χ3v) is 3.98. The summed E-state index contributed by atoms with van der Waals surface area (Å²) in [4.78, 5) is 11.9. The molecule has 1 fully saturated rings. The van der Waals surface area contributed by atoms with E-state index in [1.807, 2.05) is 0 Å². The summed E-state index contributed by atoms with van der Waals surface area (Å²) in [5, 5.41) is 0. The van der Waals surface area contributed by atoms with Gasteiger partial charge in [0.1, 0.15) is 6.10 Å². The maximum Gasteiger partial charge on any atom is 0.310 e. The topological polar surface area (TPSA) is 35.5 Å². The minimum Gasteiger partial charge on any atom is -0.459 e. The fourth-order valence-corrected chi connectivity index (χ4v) is 2.93. The van der Waals surface area contributed by atoms with E-state index in [1.54, 1.807) is 7.11 Å². The van der Waals surface area contributed by atoms with Crippen molar-refractivity contribution in [1.29, 1.82) is 0 Å². The standard InChI is InChI=1S/C15H24O3/c1-17-13-9-5-6-10-14(13)18-15(16)11-12-7-3-2-4-8-12/h7,13-14H,2-6,8-11H2,1H3. The molecule has 2 atom stereocenters. The van der Waals surface area contributed by atoms with Crippen LogP contribution in [0.25, 0.3) is 0 Å². The van der Waals surface area contributed by atoms with E-state index in [-0.39, 0.29) is 18.2 Å². The van der Waals surface area contributed by atoms with E-state index in [4.69, 9.17) is 9.47 Å². The van der Waals surface area contributed by atoms with Gasteiger partial charge in [-0.15, -0.1) is 0 Å². The summed E-state index contributed by atoms with van der Waals surface area (Å²) < 4.78 is 11.0. The number of carbonyl (C=O) groups excluding carboxylic acids is 1. The Hall–Kier alpha value is -0.830. The average molecular weight is 252 g/mol. The van der Waals surface area contributed by atoms with E-state index in [9.17, 15) is 4.79 Å². The van der Waals surface area contributed by atoms with E-state index in [0.717, 1.165) is 32.1 Å². The second kappa shape index (κ2) is 6.93. The van der Waals surface area contributed by atoms with Gasteiger partial charge in [-0.05, 0) is 44.9 Å². The first-order chi connectivity index (χ1) is 8.79. The predicted octanol–water partition coefficient (Wildman–Crippen LogP) is 3.38. The minimum absolute atomic E-state index is 0.0274. The van der Waals surface area contributed by atoms with Crippen LogP contribution in [-0.4, -0.2) is 25.3 Å². The third kappa shape index (κ3) is 3.84. The van der Waals surface area contributed by atoms with Crippen molar-refractivity contribution in [3.63, 3.8) is 0 Å². The second-order valence-corrected chi connectivity index (χ2v) is 5.37. The lowest BCUT2D eigenvalue weighted by Crippen LogP contribution is -2.35. The molecule has 0 heterocycles. The molecule has 102 valence electrons. The van der Waals surface area contributed by atoms with Gasteiger partial charge in [-0.3, -0.25) is 4.79 Å². The number of methoxy groups -OCH3 is 1. The summed E-state index contributed by atoms with van der Waals surface area (Å²) in [7, 11) is 1.71. The molecular formula is C15H24O3. The second-order valence-electron chi connectivity index (χ2n) is 5.37. The number of hydrogen-bond acceptors (Lipinski definition) is 3. The number of ether oxygens (including phenoxy) is 2. The SMILES string of the molecule is COC1CCCCC1OC(=O)CC1=CCCCC1. The summed E-state index contributed by atoms with van der Waals surface area (Å²) >= 11 is 0. The maximum atomic E-state index is 11.9. The third-order valence-electron chi connectivity index (χ3n) is 3.98. The molecule has 0 aromatic rings. The lowest BCUT2D eigenvalue weighted by molar-refractivity contribution is -0.158. The van der Waals surface area contributed by atoms with Crippen molar-refractivity contribution in [1.82, 2.24) is 0 Å². The molecule has 2 rings (SSSR count). The first-order valence-electron chi connectivity index (χ1n) is 7.20. The van der Waals surface area contributed by atoms with Crippen LogP contribution in [0.15, 0.2) is 11.6 Å².